The number of nitrogens with two attached hydrogens (primary N) is 1. The summed E-state index contributed by atoms with van der Waals surface area (Å²) >= 11 is 0. The van der Waals surface area contributed by atoms with E-state index in [0.717, 1.165) is 25.9 Å². The fourth-order valence-corrected chi connectivity index (χ4v) is 2.00. The average molecular weight is 236 g/mol. The summed E-state index contributed by atoms with van der Waals surface area (Å²) in [5.41, 5.74) is 6.92. The Labute approximate surface area is 104 Å². The molecule has 0 amide bonds. The minimum Gasteiger partial charge on any atom is -0.385 e. The smallest absolute Gasteiger partial charge is 0.0462 e. The Bertz CT molecular complexity index is 339. The van der Waals surface area contributed by atoms with E-state index in [0.29, 0.717) is 6.04 Å². The van der Waals surface area contributed by atoms with Gasteiger partial charge in [0.2, 0.25) is 0 Å². The Morgan fingerprint density at radius 3 is 2.76 bits per heavy atom. The molecule has 0 bridgehead atoms. The van der Waals surface area contributed by atoms with Crippen molar-refractivity contribution in [3.8, 4) is 0 Å². The highest BCUT2D eigenvalue weighted by atomic mass is 16.5. The fourth-order valence-electron chi connectivity index (χ4n) is 2.00. The number of aryl methyl sites for hydroxylation is 2. The van der Waals surface area contributed by atoms with Crippen LogP contribution in [0.15, 0.2) is 18.2 Å². The van der Waals surface area contributed by atoms with Crippen LogP contribution in [-0.2, 0) is 11.2 Å². The number of hydrazine groups is 1. The minimum atomic E-state index is 0.325. The van der Waals surface area contributed by atoms with Crippen LogP contribution in [0.25, 0.3) is 0 Å². The van der Waals surface area contributed by atoms with Crippen molar-refractivity contribution in [3.05, 3.63) is 34.9 Å². The van der Waals surface area contributed by atoms with Gasteiger partial charge in [0.25, 0.3) is 0 Å². The summed E-state index contributed by atoms with van der Waals surface area (Å²) in [5.74, 6) is 5.60. The fraction of sp³-hybridized carbons (Fsp3) is 0.571. The summed E-state index contributed by atoms with van der Waals surface area (Å²) in [6.45, 7) is 5.07. The molecule has 3 N–H and O–H groups in total. The van der Waals surface area contributed by atoms with Crippen molar-refractivity contribution in [2.24, 2.45) is 5.84 Å². The lowest BCUT2D eigenvalue weighted by atomic mass is 9.97. The number of ether oxygens (including phenoxy) is 1. The second kappa shape index (κ2) is 7.43. The Morgan fingerprint density at radius 1 is 1.35 bits per heavy atom. The third-order valence-electron chi connectivity index (χ3n) is 3.11. The van der Waals surface area contributed by atoms with E-state index in [-0.39, 0.29) is 0 Å². The number of nitrogens with one attached hydrogen (secondary N) is 1. The van der Waals surface area contributed by atoms with Gasteiger partial charge in [0.05, 0.1) is 0 Å². The first-order valence-corrected chi connectivity index (χ1v) is 6.18. The van der Waals surface area contributed by atoms with Crippen molar-refractivity contribution in [2.75, 3.05) is 13.7 Å². The van der Waals surface area contributed by atoms with Gasteiger partial charge in [-0.1, -0.05) is 23.8 Å². The molecule has 0 fully saturated rings. The van der Waals surface area contributed by atoms with Gasteiger partial charge in [-0.2, -0.15) is 0 Å². The van der Waals surface area contributed by atoms with Crippen LogP contribution in [0.2, 0.25) is 0 Å². The van der Waals surface area contributed by atoms with E-state index in [9.17, 15) is 0 Å². The van der Waals surface area contributed by atoms with Crippen LogP contribution in [0.4, 0.5) is 0 Å². The van der Waals surface area contributed by atoms with Crippen molar-refractivity contribution in [2.45, 2.75) is 39.2 Å². The summed E-state index contributed by atoms with van der Waals surface area (Å²) in [6, 6.07) is 6.89. The normalized spacial score (nSPS) is 12.7. The second-order valence-electron chi connectivity index (χ2n) is 4.63. The molecule has 0 aromatic heterocycles. The van der Waals surface area contributed by atoms with Crippen LogP contribution in [0.5, 0.6) is 0 Å². The topological polar surface area (TPSA) is 47.3 Å². The lowest BCUT2D eigenvalue weighted by Crippen LogP contribution is -2.37. The zero-order valence-electron chi connectivity index (χ0n) is 11.1. The molecule has 3 heteroatoms. The molecular weight excluding hydrogens is 212 g/mol. The van der Waals surface area contributed by atoms with Crippen LogP contribution in [0, 0.1) is 13.8 Å². The van der Waals surface area contributed by atoms with Crippen LogP contribution in [0.3, 0.4) is 0 Å². The molecule has 1 aromatic rings. The largest absolute Gasteiger partial charge is 0.385 e. The van der Waals surface area contributed by atoms with Crippen LogP contribution >= 0.6 is 0 Å². The van der Waals surface area contributed by atoms with Crippen molar-refractivity contribution < 1.29 is 4.74 Å². The van der Waals surface area contributed by atoms with Crippen LogP contribution in [0.1, 0.15) is 29.5 Å². The predicted octanol–water partition coefficient (Wildman–Crippen LogP) is 2.10. The highest BCUT2D eigenvalue weighted by Crippen LogP contribution is 2.14. The van der Waals surface area contributed by atoms with E-state index < -0.39 is 0 Å². The maximum absolute atomic E-state index is 5.60. The van der Waals surface area contributed by atoms with Crippen molar-refractivity contribution in [1.82, 2.24) is 5.43 Å². The van der Waals surface area contributed by atoms with E-state index >= 15 is 0 Å². The molecule has 0 radical (unpaired) electrons. The molecule has 1 rings (SSSR count). The first-order chi connectivity index (χ1) is 8.17. The Morgan fingerprint density at radius 2 is 2.12 bits per heavy atom. The van der Waals surface area contributed by atoms with Crippen molar-refractivity contribution >= 4 is 0 Å². The molecule has 0 spiro atoms. The molecule has 0 aliphatic rings. The lowest BCUT2D eigenvalue weighted by molar-refractivity contribution is 0.188. The maximum atomic E-state index is 5.60. The summed E-state index contributed by atoms with van der Waals surface area (Å²) < 4.78 is 5.06. The summed E-state index contributed by atoms with van der Waals surface area (Å²) in [7, 11) is 1.73. The summed E-state index contributed by atoms with van der Waals surface area (Å²) in [5, 5.41) is 0. The predicted molar refractivity (Wildman–Crippen MR) is 71.8 cm³/mol. The number of hydrogen-bond acceptors (Lipinski definition) is 3. The zero-order chi connectivity index (χ0) is 12.7. The van der Waals surface area contributed by atoms with E-state index in [4.69, 9.17) is 10.6 Å². The third kappa shape index (κ3) is 4.86. The molecule has 1 aromatic carbocycles. The Hall–Kier alpha value is -0.900. The summed E-state index contributed by atoms with van der Waals surface area (Å²) in [6.07, 6.45) is 3.06. The van der Waals surface area contributed by atoms with Gasteiger partial charge in [-0.3, -0.25) is 11.3 Å². The standard InChI is InChI=1S/C14H24N2O/c1-11-6-7-12(2)13(9-11)10-14(16-15)5-4-8-17-3/h6-7,9,14,16H,4-5,8,10,15H2,1-3H3. The first-order valence-electron chi connectivity index (χ1n) is 6.18. The maximum Gasteiger partial charge on any atom is 0.0462 e. The molecule has 17 heavy (non-hydrogen) atoms. The monoisotopic (exact) mass is 236 g/mol. The first kappa shape index (κ1) is 14.2. The number of hydrogen-bond donors (Lipinski definition) is 2. The average Bonchev–Trinajstić information content (AvgIpc) is 2.32. The molecule has 3 nitrogen and oxygen atoms in total. The van der Waals surface area contributed by atoms with Gasteiger partial charge in [0.1, 0.15) is 0 Å². The second-order valence-corrected chi connectivity index (χ2v) is 4.63. The highest BCUT2D eigenvalue weighted by Gasteiger charge is 2.09. The van der Waals surface area contributed by atoms with E-state index in [1.807, 2.05) is 0 Å². The molecular formula is C14H24N2O. The van der Waals surface area contributed by atoms with Crippen molar-refractivity contribution in [3.63, 3.8) is 0 Å². The highest BCUT2D eigenvalue weighted by molar-refractivity contribution is 5.31. The molecule has 0 saturated heterocycles. The van der Waals surface area contributed by atoms with Gasteiger partial charge < -0.3 is 4.74 Å². The van der Waals surface area contributed by atoms with E-state index in [1.165, 1.54) is 16.7 Å². The third-order valence-corrected chi connectivity index (χ3v) is 3.11. The van der Waals surface area contributed by atoms with Crippen LogP contribution in [-0.4, -0.2) is 19.8 Å². The van der Waals surface area contributed by atoms with Gasteiger partial charge in [-0.05, 0) is 44.2 Å². The molecule has 0 aliphatic heterocycles. The lowest BCUT2D eigenvalue weighted by Gasteiger charge is -2.17. The molecule has 1 atom stereocenters. The Kier molecular flexibility index (Phi) is 6.19. The SMILES string of the molecule is COCCCC(Cc1cc(C)ccc1C)NN. The number of rotatable bonds is 7. The van der Waals surface area contributed by atoms with Gasteiger partial charge in [-0.25, -0.2) is 0 Å². The number of benzene rings is 1. The van der Waals surface area contributed by atoms with Gasteiger partial charge in [-0.15, -0.1) is 0 Å². The van der Waals surface area contributed by atoms with E-state index in [2.05, 4.69) is 37.5 Å². The van der Waals surface area contributed by atoms with Crippen LogP contribution < -0.4 is 11.3 Å². The van der Waals surface area contributed by atoms with Gasteiger partial charge >= 0.3 is 0 Å². The van der Waals surface area contributed by atoms with Gasteiger partial charge in [0.15, 0.2) is 0 Å². The molecule has 1 unspecified atom stereocenters. The minimum absolute atomic E-state index is 0.325. The molecule has 0 heterocycles. The van der Waals surface area contributed by atoms with Crippen molar-refractivity contribution in [1.29, 1.82) is 0 Å². The Balaban J connectivity index is 2.57. The zero-order valence-corrected chi connectivity index (χ0v) is 11.1. The number of methoxy groups -OCH3 is 1. The molecule has 0 saturated carbocycles. The van der Waals surface area contributed by atoms with E-state index in [1.54, 1.807) is 7.11 Å². The van der Waals surface area contributed by atoms with Gasteiger partial charge in [0, 0.05) is 19.8 Å². The molecule has 96 valence electrons. The quantitative estimate of drug-likeness (QED) is 0.433. The molecule has 0 aliphatic carbocycles. The summed E-state index contributed by atoms with van der Waals surface area (Å²) in [4.78, 5) is 0.